The Bertz CT molecular complexity index is 1170. The molecule has 2 amide bonds. The van der Waals surface area contributed by atoms with Crippen molar-refractivity contribution in [3.63, 3.8) is 0 Å². The van der Waals surface area contributed by atoms with Crippen LogP contribution in [-0.2, 0) is 11.3 Å². The molecule has 0 aliphatic heterocycles. The van der Waals surface area contributed by atoms with Crippen LogP contribution in [0.25, 0.3) is 0 Å². The molecule has 1 saturated carbocycles. The monoisotopic (exact) mass is 454 g/mol. The minimum absolute atomic E-state index is 0.0674. The van der Waals surface area contributed by atoms with Crippen LogP contribution < -0.4 is 15.4 Å². The van der Waals surface area contributed by atoms with Crippen molar-refractivity contribution in [3.05, 3.63) is 82.6 Å². The molecule has 7 nitrogen and oxygen atoms in total. The molecule has 32 heavy (non-hydrogen) atoms. The number of ether oxygens (including phenoxy) is 1. The predicted octanol–water partition coefficient (Wildman–Crippen LogP) is 3.95. The van der Waals surface area contributed by atoms with Crippen molar-refractivity contribution in [2.75, 3.05) is 0 Å². The Morgan fingerprint density at radius 3 is 2.56 bits per heavy atom. The normalized spacial score (nSPS) is 13.8. The molecular formula is C23H20ClFN4O3. The first kappa shape index (κ1) is 21.7. The van der Waals surface area contributed by atoms with E-state index in [1.54, 1.807) is 24.3 Å². The maximum Gasteiger partial charge on any atom is 0.255 e. The lowest BCUT2D eigenvalue weighted by atomic mass is 10.1. The van der Waals surface area contributed by atoms with Gasteiger partial charge >= 0.3 is 0 Å². The Morgan fingerprint density at radius 2 is 1.91 bits per heavy atom. The third kappa shape index (κ3) is 4.86. The summed E-state index contributed by atoms with van der Waals surface area (Å²) in [6.45, 7) is 1.95. The van der Waals surface area contributed by atoms with E-state index < -0.39 is 17.3 Å². The lowest BCUT2D eigenvalue weighted by Crippen LogP contribution is -2.48. The second-order valence-electron chi connectivity index (χ2n) is 7.62. The highest BCUT2D eigenvalue weighted by molar-refractivity contribution is 6.31. The summed E-state index contributed by atoms with van der Waals surface area (Å²) < 4.78 is 20.1. The van der Waals surface area contributed by atoms with Gasteiger partial charge in [0.15, 0.2) is 11.6 Å². The van der Waals surface area contributed by atoms with Crippen LogP contribution in [0.15, 0.2) is 55.1 Å². The number of aromatic nitrogens is 2. The molecule has 9 heteroatoms. The highest BCUT2D eigenvalue weighted by Gasteiger charge is 2.51. The summed E-state index contributed by atoms with van der Waals surface area (Å²) in [5.41, 5.74) is 0.708. The minimum atomic E-state index is -0.957. The van der Waals surface area contributed by atoms with E-state index in [-0.39, 0.29) is 23.8 Å². The van der Waals surface area contributed by atoms with E-state index >= 15 is 0 Å². The molecule has 3 aromatic rings. The predicted molar refractivity (Wildman–Crippen MR) is 116 cm³/mol. The molecule has 1 fully saturated rings. The topological polar surface area (TPSA) is 93.2 Å². The van der Waals surface area contributed by atoms with Gasteiger partial charge in [-0.15, -0.1) is 0 Å². The fourth-order valence-electron chi connectivity index (χ4n) is 3.14. The zero-order chi connectivity index (χ0) is 22.7. The Labute approximate surface area is 189 Å². The van der Waals surface area contributed by atoms with E-state index in [1.807, 2.05) is 6.92 Å². The van der Waals surface area contributed by atoms with Crippen LogP contribution in [0, 0.1) is 12.7 Å². The van der Waals surface area contributed by atoms with Crippen molar-refractivity contribution >= 4 is 23.4 Å². The van der Waals surface area contributed by atoms with Gasteiger partial charge in [0, 0.05) is 24.0 Å². The molecule has 164 valence electrons. The molecule has 0 radical (unpaired) electrons. The molecule has 0 saturated heterocycles. The molecule has 1 aliphatic rings. The molecule has 0 unspecified atom stereocenters. The van der Waals surface area contributed by atoms with Crippen molar-refractivity contribution in [1.29, 1.82) is 0 Å². The van der Waals surface area contributed by atoms with Crippen molar-refractivity contribution in [2.45, 2.75) is 31.8 Å². The largest absolute Gasteiger partial charge is 0.454 e. The van der Waals surface area contributed by atoms with E-state index in [9.17, 15) is 14.0 Å². The fraction of sp³-hybridized carbons (Fsp3) is 0.217. The molecule has 1 aromatic heterocycles. The fourth-order valence-corrected chi connectivity index (χ4v) is 3.25. The maximum atomic E-state index is 14.5. The van der Waals surface area contributed by atoms with Gasteiger partial charge in [0.05, 0.1) is 5.56 Å². The van der Waals surface area contributed by atoms with Gasteiger partial charge in [-0.25, -0.2) is 14.4 Å². The van der Waals surface area contributed by atoms with Gasteiger partial charge in [-0.05, 0) is 61.2 Å². The number of rotatable bonds is 7. The van der Waals surface area contributed by atoms with E-state index in [4.69, 9.17) is 16.3 Å². The number of carbonyl (C=O) groups excluding carboxylic acids is 2. The van der Waals surface area contributed by atoms with E-state index in [0.29, 0.717) is 29.2 Å². The molecule has 0 spiro atoms. The molecule has 2 N–H and O–H groups in total. The molecule has 4 rings (SSSR count). The molecule has 2 aromatic carbocycles. The average Bonchev–Trinajstić information content (AvgIpc) is 3.57. The van der Waals surface area contributed by atoms with Gasteiger partial charge in [-0.3, -0.25) is 9.59 Å². The highest BCUT2D eigenvalue weighted by atomic mass is 35.5. The molecular weight excluding hydrogens is 435 g/mol. The first-order valence-electron chi connectivity index (χ1n) is 9.94. The summed E-state index contributed by atoms with van der Waals surface area (Å²) in [6, 6.07) is 9.55. The highest BCUT2D eigenvalue weighted by Crippen LogP contribution is 2.36. The average molecular weight is 455 g/mol. The van der Waals surface area contributed by atoms with Crippen LogP contribution in [0.4, 0.5) is 4.39 Å². The Balaban J connectivity index is 1.35. The lowest BCUT2D eigenvalue weighted by molar-refractivity contribution is -0.124. The number of carbonyl (C=O) groups is 2. The van der Waals surface area contributed by atoms with Crippen LogP contribution in [0.1, 0.15) is 34.3 Å². The van der Waals surface area contributed by atoms with Crippen LogP contribution >= 0.6 is 11.6 Å². The van der Waals surface area contributed by atoms with Crippen molar-refractivity contribution in [3.8, 4) is 11.5 Å². The van der Waals surface area contributed by atoms with E-state index in [1.165, 1.54) is 30.9 Å². The van der Waals surface area contributed by atoms with Crippen LogP contribution in [-0.4, -0.2) is 27.3 Å². The number of nitrogens with zero attached hydrogens (tertiary/aromatic N) is 2. The van der Waals surface area contributed by atoms with Crippen LogP contribution in [0.2, 0.25) is 5.02 Å². The second-order valence-corrected chi connectivity index (χ2v) is 8.03. The quantitative estimate of drug-likeness (QED) is 0.564. The first-order chi connectivity index (χ1) is 15.4. The Kier molecular flexibility index (Phi) is 6.05. The standard InChI is InChI=1S/C23H20ClFN4O3/c1-14-8-17(3-4-18(14)24)32-20-5-2-15(9-19(20)25)10-28-22(31)23(6-7-23)29-21(30)16-11-26-13-27-12-16/h2-5,8-9,11-13H,6-7,10H2,1H3,(H,28,31)(H,29,30). The van der Waals surface area contributed by atoms with Gasteiger partial charge in [0.1, 0.15) is 17.6 Å². The maximum absolute atomic E-state index is 14.5. The molecule has 0 bridgehead atoms. The number of halogens is 2. The summed E-state index contributed by atoms with van der Waals surface area (Å²) in [5.74, 6) is -0.744. The minimum Gasteiger partial charge on any atom is -0.454 e. The molecule has 1 heterocycles. The molecule has 0 atom stereocenters. The van der Waals surface area contributed by atoms with Crippen LogP contribution in [0.5, 0.6) is 11.5 Å². The number of hydrogen-bond donors (Lipinski definition) is 2. The van der Waals surface area contributed by atoms with Crippen molar-refractivity contribution in [1.82, 2.24) is 20.6 Å². The second kappa shape index (κ2) is 8.92. The summed E-state index contributed by atoms with van der Waals surface area (Å²) in [4.78, 5) is 32.5. The summed E-state index contributed by atoms with van der Waals surface area (Å²) in [6.07, 6.45) is 5.14. The van der Waals surface area contributed by atoms with Gasteiger partial charge in [-0.2, -0.15) is 0 Å². The van der Waals surface area contributed by atoms with E-state index in [2.05, 4.69) is 20.6 Å². The Morgan fingerprint density at radius 1 is 1.16 bits per heavy atom. The summed E-state index contributed by atoms with van der Waals surface area (Å²) >= 11 is 6.00. The van der Waals surface area contributed by atoms with Crippen molar-refractivity contribution in [2.24, 2.45) is 0 Å². The lowest BCUT2D eigenvalue weighted by Gasteiger charge is -2.17. The summed E-state index contributed by atoms with van der Waals surface area (Å²) in [7, 11) is 0. The zero-order valence-electron chi connectivity index (χ0n) is 17.2. The van der Waals surface area contributed by atoms with Gasteiger partial charge in [-0.1, -0.05) is 17.7 Å². The smallest absolute Gasteiger partial charge is 0.255 e. The molecule has 1 aliphatic carbocycles. The third-order valence-electron chi connectivity index (χ3n) is 5.17. The van der Waals surface area contributed by atoms with Gasteiger partial charge in [0.25, 0.3) is 5.91 Å². The van der Waals surface area contributed by atoms with Gasteiger partial charge in [0.2, 0.25) is 5.91 Å². The summed E-state index contributed by atoms with van der Waals surface area (Å²) in [5, 5.41) is 6.11. The number of hydrogen-bond acceptors (Lipinski definition) is 5. The van der Waals surface area contributed by atoms with Crippen molar-refractivity contribution < 1.29 is 18.7 Å². The van der Waals surface area contributed by atoms with Gasteiger partial charge < -0.3 is 15.4 Å². The van der Waals surface area contributed by atoms with Crippen LogP contribution in [0.3, 0.4) is 0 Å². The number of benzene rings is 2. The number of aryl methyl sites for hydroxylation is 1. The number of amides is 2. The SMILES string of the molecule is Cc1cc(Oc2ccc(CNC(=O)C3(NC(=O)c4cncnc4)CC3)cc2F)ccc1Cl. The first-order valence-corrected chi connectivity index (χ1v) is 10.3. The third-order valence-corrected chi connectivity index (χ3v) is 5.59. The Hall–Kier alpha value is -3.52. The zero-order valence-corrected chi connectivity index (χ0v) is 17.9. The number of nitrogens with one attached hydrogen (secondary N) is 2. The van der Waals surface area contributed by atoms with E-state index in [0.717, 1.165) is 5.56 Å².